The number of carboxylic acid groups (broad SMARTS) is 1. The van der Waals surface area contributed by atoms with E-state index in [4.69, 9.17) is 10.8 Å². The minimum Gasteiger partial charge on any atom is -0.480 e. The van der Waals surface area contributed by atoms with E-state index in [1.165, 1.54) is 0 Å². The number of aliphatic carboxylic acids is 1. The molecule has 3 N–H and O–H groups in total. The molecule has 0 unspecified atom stereocenters. The number of carboxylic acids is 1. The fraction of sp³-hybridized carbons (Fsp3) is 0.222. The Kier molecular flexibility index (Phi) is 3.68. The summed E-state index contributed by atoms with van der Waals surface area (Å²) in [6, 6.07) is 6.81. The second-order valence-electron chi connectivity index (χ2n) is 2.74. The molecule has 4 heteroatoms. The Morgan fingerprint density at radius 3 is 2.69 bits per heavy atom. The molecule has 0 radical (unpaired) electrons. The van der Waals surface area contributed by atoms with Crippen LogP contribution in [0.1, 0.15) is 5.56 Å². The molecule has 0 heterocycles. The summed E-state index contributed by atoms with van der Waals surface area (Å²) in [6.45, 7) is 0. The zero-order chi connectivity index (χ0) is 9.84. The third kappa shape index (κ3) is 2.96. The summed E-state index contributed by atoms with van der Waals surface area (Å²) in [4.78, 5) is 10.5. The molecule has 0 saturated heterocycles. The van der Waals surface area contributed by atoms with Gasteiger partial charge in [-0.3, -0.25) is 4.79 Å². The molecule has 0 saturated carbocycles. The van der Waals surface area contributed by atoms with Crippen LogP contribution in [-0.2, 0) is 11.2 Å². The lowest BCUT2D eigenvalue weighted by atomic mass is 10.1. The summed E-state index contributed by atoms with van der Waals surface area (Å²) in [5.41, 5.74) is 6.40. The van der Waals surface area contributed by atoms with Gasteiger partial charge in [-0.05, 0) is 40.6 Å². The minimum atomic E-state index is -0.959. The molecule has 0 spiro atoms. The van der Waals surface area contributed by atoms with Gasteiger partial charge in [0.2, 0.25) is 0 Å². The van der Waals surface area contributed by atoms with Gasteiger partial charge in [0, 0.05) is 3.57 Å². The lowest BCUT2D eigenvalue weighted by molar-refractivity contribution is -0.138. The van der Waals surface area contributed by atoms with E-state index >= 15 is 0 Å². The Labute approximate surface area is 90.1 Å². The predicted octanol–water partition coefficient (Wildman–Crippen LogP) is 1.25. The van der Waals surface area contributed by atoms with Gasteiger partial charge in [-0.15, -0.1) is 0 Å². The van der Waals surface area contributed by atoms with E-state index in [2.05, 4.69) is 22.6 Å². The SMILES string of the molecule is N[C@@H](Cc1ccccc1[123I])C(=O)O. The van der Waals surface area contributed by atoms with Crippen LogP contribution in [0.2, 0.25) is 0 Å². The second kappa shape index (κ2) is 4.57. The van der Waals surface area contributed by atoms with E-state index in [0.717, 1.165) is 9.13 Å². The van der Waals surface area contributed by atoms with Gasteiger partial charge in [0.25, 0.3) is 0 Å². The Morgan fingerprint density at radius 2 is 2.15 bits per heavy atom. The molecule has 0 fully saturated rings. The van der Waals surface area contributed by atoms with Gasteiger partial charge in [0.05, 0.1) is 0 Å². The van der Waals surface area contributed by atoms with Crippen LogP contribution in [0.15, 0.2) is 24.3 Å². The van der Waals surface area contributed by atoms with Crippen molar-refractivity contribution in [3.63, 3.8) is 0 Å². The first-order chi connectivity index (χ1) is 6.11. The summed E-state index contributed by atoms with van der Waals surface area (Å²) >= 11 is 2.17. The molecule has 3 nitrogen and oxygen atoms in total. The summed E-state index contributed by atoms with van der Waals surface area (Å²) < 4.78 is 1.05. The van der Waals surface area contributed by atoms with E-state index in [1.807, 2.05) is 24.3 Å². The summed E-state index contributed by atoms with van der Waals surface area (Å²) in [5.74, 6) is -0.959. The first kappa shape index (κ1) is 10.5. The van der Waals surface area contributed by atoms with Crippen molar-refractivity contribution in [3.05, 3.63) is 33.4 Å². The number of benzene rings is 1. The fourth-order valence-electron chi connectivity index (χ4n) is 0.988. The van der Waals surface area contributed by atoms with Crippen LogP contribution in [0, 0.1) is 3.57 Å². The normalized spacial score (nSPS) is 12.5. The topological polar surface area (TPSA) is 63.3 Å². The highest BCUT2D eigenvalue weighted by molar-refractivity contribution is 14.1. The monoisotopic (exact) mass is 287 g/mol. The maximum absolute atomic E-state index is 10.5. The van der Waals surface area contributed by atoms with E-state index < -0.39 is 12.0 Å². The number of hydrogen-bond acceptors (Lipinski definition) is 2. The van der Waals surface area contributed by atoms with Crippen molar-refractivity contribution < 1.29 is 9.90 Å². The molecule has 0 bridgehead atoms. The molecular formula is C9H10INO2. The van der Waals surface area contributed by atoms with Crippen molar-refractivity contribution in [2.45, 2.75) is 12.5 Å². The molecule has 0 amide bonds. The molecule has 13 heavy (non-hydrogen) atoms. The van der Waals surface area contributed by atoms with Gasteiger partial charge >= 0.3 is 5.97 Å². The van der Waals surface area contributed by atoms with Crippen molar-refractivity contribution in [2.75, 3.05) is 0 Å². The van der Waals surface area contributed by atoms with Gasteiger partial charge in [0.1, 0.15) is 6.04 Å². The second-order valence-corrected chi connectivity index (χ2v) is 3.90. The highest BCUT2D eigenvalue weighted by Gasteiger charge is 2.12. The van der Waals surface area contributed by atoms with Gasteiger partial charge in [-0.25, -0.2) is 0 Å². The molecule has 1 atom stereocenters. The van der Waals surface area contributed by atoms with E-state index in [-0.39, 0.29) is 0 Å². The van der Waals surface area contributed by atoms with Gasteiger partial charge in [-0.1, -0.05) is 18.2 Å². The predicted molar refractivity (Wildman–Crippen MR) is 58.5 cm³/mol. The Morgan fingerprint density at radius 1 is 1.54 bits per heavy atom. The standard InChI is InChI=1S/C9H10INO2/c10-7-4-2-1-3-6(7)5-8(11)9(12)13/h1-4,8H,5,11H2,(H,12,13)/t8-/m0/s1/i10-4. The van der Waals surface area contributed by atoms with E-state index in [1.54, 1.807) is 0 Å². The minimum absolute atomic E-state index is 0.383. The number of carbonyl (C=O) groups is 1. The van der Waals surface area contributed by atoms with Crippen LogP contribution in [0.3, 0.4) is 0 Å². The average Bonchev–Trinajstić information content (AvgIpc) is 2.08. The number of hydrogen-bond donors (Lipinski definition) is 2. The zero-order valence-corrected chi connectivity index (χ0v) is 9.06. The lowest BCUT2D eigenvalue weighted by Gasteiger charge is -2.07. The zero-order valence-electron chi connectivity index (χ0n) is 6.90. The Hall–Kier alpha value is -0.620. The van der Waals surface area contributed by atoms with Crippen molar-refractivity contribution in [2.24, 2.45) is 5.73 Å². The van der Waals surface area contributed by atoms with Crippen LogP contribution < -0.4 is 5.73 Å². The van der Waals surface area contributed by atoms with Crippen molar-refractivity contribution in [1.29, 1.82) is 0 Å². The molecule has 70 valence electrons. The first-order valence-corrected chi connectivity index (χ1v) is 4.91. The molecule has 0 aliphatic rings. The molecule has 0 aromatic heterocycles. The third-order valence-corrected chi connectivity index (χ3v) is 2.77. The largest absolute Gasteiger partial charge is 0.480 e. The van der Waals surface area contributed by atoms with Crippen LogP contribution in [0.25, 0.3) is 0 Å². The van der Waals surface area contributed by atoms with Crippen molar-refractivity contribution >= 4 is 28.6 Å². The van der Waals surface area contributed by atoms with Crippen LogP contribution in [0.4, 0.5) is 0 Å². The first-order valence-electron chi connectivity index (χ1n) is 3.83. The number of halogens is 1. The number of nitrogens with two attached hydrogens (primary N) is 1. The van der Waals surface area contributed by atoms with Crippen LogP contribution >= 0.6 is 22.6 Å². The summed E-state index contributed by atoms with van der Waals surface area (Å²) in [6.07, 6.45) is 0.383. The van der Waals surface area contributed by atoms with Crippen molar-refractivity contribution in [1.82, 2.24) is 0 Å². The quantitative estimate of drug-likeness (QED) is 0.822. The third-order valence-electron chi connectivity index (χ3n) is 1.71. The molecule has 1 rings (SSSR count). The van der Waals surface area contributed by atoms with Crippen molar-refractivity contribution in [3.8, 4) is 0 Å². The highest BCUT2D eigenvalue weighted by Crippen LogP contribution is 2.12. The van der Waals surface area contributed by atoms with E-state index in [9.17, 15) is 4.79 Å². The van der Waals surface area contributed by atoms with Gasteiger partial charge < -0.3 is 10.8 Å². The lowest BCUT2D eigenvalue weighted by Crippen LogP contribution is -2.32. The highest BCUT2D eigenvalue weighted by atomic mass is 123. The van der Waals surface area contributed by atoms with Gasteiger partial charge in [-0.2, -0.15) is 0 Å². The average molecular weight is 287 g/mol. The maximum atomic E-state index is 10.5. The molecule has 1 aromatic carbocycles. The number of rotatable bonds is 3. The van der Waals surface area contributed by atoms with Crippen LogP contribution in [-0.4, -0.2) is 17.1 Å². The van der Waals surface area contributed by atoms with E-state index in [0.29, 0.717) is 6.42 Å². The summed E-state index contributed by atoms with van der Waals surface area (Å²) in [7, 11) is 0. The Bertz CT molecular complexity index is 314. The fourth-order valence-corrected chi connectivity index (χ4v) is 1.60. The molecule has 0 aliphatic carbocycles. The molecule has 0 aliphatic heterocycles. The van der Waals surface area contributed by atoms with Gasteiger partial charge in [0.15, 0.2) is 0 Å². The smallest absolute Gasteiger partial charge is 0.320 e. The Balaban J connectivity index is 2.74. The maximum Gasteiger partial charge on any atom is 0.320 e. The summed E-state index contributed by atoms with van der Waals surface area (Å²) in [5, 5.41) is 8.61. The van der Waals surface area contributed by atoms with Crippen LogP contribution in [0.5, 0.6) is 0 Å². The molecule has 1 aromatic rings. The molecular weight excluding hydrogens is 277 g/mol.